The molecule has 170 valence electrons. The van der Waals surface area contributed by atoms with E-state index in [-0.39, 0.29) is 36.0 Å². The van der Waals surface area contributed by atoms with Gasteiger partial charge in [-0.3, -0.25) is 9.59 Å². The molecule has 4 rings (SSSR count). The summed E-state index contributed by atoms with van der Waals surface area (Å²) in [5, 5.41) is 12.7. The predicted molar refractivity (Wildman–Crippen MR) is 111 cm³/mol. The van der Waals surface area contributed by atoms with Gasteiger partial charge < -0.3 is 24.6 Å². The number of sulfonamides is 1. The Morgan fingerprint density at radius 2 is 1.94 bits per heavy atom. The van der Waals surface area contributed by atoms with Crippen LogP contribution in [0.5, 0.6) is 17.2 Å². The van der Waals surface area contributed by atoms with Gasteiger partial charge in [0.25, 0.3) is 21.8 Å². The first-order valence-electron chi connectivity index (χ1n) is 9.90. The van der Waals surface area contributed by atoms with Crippen LogP contribution in [0.1, 0.15) is 34.6 Å². The standard InChI is InChI=1S/C21H22N2O8S/c1-12(2)23-21(26)16-5-3-13(7-19(16)32(23,27)28)20(25)22-9-14(24)10-29-15-4-6-17-18(8-15)31-11-30-17/h3-8,12,14,24H,9-11H2,1-2H3,(H,22,25). The molecule has 1 unspecified atom stereocenters. The summed E-state index contributed by atoms with van der Waals surface area (Å²) in [5.74, 6) is 0.438. The zero-order valence-corrected chi connectivity index (χ0v) is 18.2. The number of fused-ring (bicyclic) bond motifs is 2. The van der Waals surface area contributed by atoms with E-state index < -0.39 is 34.0 Å². The third-order valence-corrected chi connectivity index (χ3v) is 6.96. The molecule has 32 heavy (non-hydrogen) atoms. The molecule has 0 saturated heterocycles. The quantitative estimate of drug-likeness (QED) is 0.626. The van der Waals surface area contributed by atoms with Crippen LogP contribution in [0.2, 0.25) is 0 Å². The summed E-state index contributed by atoms with van der Waals surface area (Å²) in [5.41, 5.74) is 0.0991. The molecule has 0 saturated carbocycles. The molecule has 2 aliphatic heterocycles. The number of ether oxygens (including phenoxy) is 3. The smallest absolute Gasteiger partial charge is 0.269 e. The first-order valence-corrected chi connectivity index (χ1v) is 11.3. The molecule has 10 nitrogen and oxygen atoms in total. The van der Waals surface area contributed by atoms with Gasteiger partial charge in [0.15, 0.2) is 11.5 Å². The van der Waals surface area contributed by atoms with E-state index in [1.807, 2.05) is 0 Å². The summed E-state index contributed by atoms with van der Waals surface area (Å²) in [6, 6.07) is 8.34. The van der Waals surface area contributed by atoms with Gasteiger partial charge >= 0.3 is 0 Å². The van der Waals surface area contributed by atoms with Gasteiger partial charge in [-0.1, -0.05) is 0 Å². The fourth-order valence-corrected chi connectivity index (χ4v) is 5.22. The lowest BCUT2D eigenvalue weighted by atomic mass is 10.1. The highest BCUT2D eigenvalue weighted by Crippen LogP contribution is 2.35. The molecule has 2 heterocycles. The van der Waals surface area contributed by atoms with Crippen molar-refractivity contribution in [2.75, 3.05) is 19.9 Å². The van der Waals surface area contributed by atoms with Gasteiger partial charge in [-0.05, 0) is 44.2 Å². The summed E-state index contributed by atoms with van der Waals surface area (Å²) < 4.78 is 42.1. The highest BCUT2D eigenvalue weighted by molar-refractivity contribution is 7.90. The summed E-state index contributed by atoms with van der Waals surface area (Å²) >= 11 is 0. The number of carbonyl (C=O) groups excluding carboxylic acids is 2. The molecule has 0 aliphatic carbocycles. The molecule has 0 spiro atoms. The lowest BCUT2D eigenvalue weighted by Gasteiger charge is -2.18. The van der Waals surface area contributed by atoms with E-state index in [1.54, 1.807) is 32.0 Å². The average molecular weight is 462 g/mol. The van der Waals surface area contributed by atoms with Gasteiger partial charge in [0.1, 0.15) is 23.4 Å². The van der Waals surface area contributed by atoms with Crippen molar-refractivity contribution in [1.82, 2.24) is 9.62 Å². The third kappa shape index (κ3) is 3.96. The number of carbonyl (C=O) groups is 2. The number of hydrogen-bond acceptors (Lipinski definition) is 8. The van der Waals surface area contributed by atoms with Crippen LogP contribution in [0.25, 0.3) is 0 Å². The van der Waals surface area contributed by atoms with Crippen LogP contribution in [0.3, 0.4) is 0 Å². The molecule has 11 heteroatoms. The molecule has 0 aromatic heterocycles. The highest BCUT2D eigenvalue weighted by atomic mass is 32.2. The molecule has 2 aromatic rings. The van der Waals surface area contributed by atoms with Crippen molar-refractivity contribution in [3.8, 4) is 17.2 Å². The number of hydrogen-bond donors (Lipinski definition) is 2. The summed E-state index contributed by atoms with van der Waals surface area (Å²) in [7, 11) is -4.01. The maximum Gasteiger partial charge on any atom is 0.269 e. The second-order valence-electron chi connectivity index (χ2n) is 7.60. The maximum absolute atomic E-state index is 12.7. The third-order valence-electron chi connectivity index (χ3n) is 4.96. The van der Waals surface area contributed by atoms with Crippen LogP contribution in [-0.4, -0.2) is 61.7 Å². The number of aliphatic hydroxyl groups is 1. The number of nitrogens with one attached hydrogen (secondary N) is 1. The van der Waals surface area contributed by atoms with Crippen LogP contribution in [0.15, 0.2) is 41.3 Å². The molecular weight excluding hydrogens is 440 g/mol. The zero-order chi connectivity index (χ0) is 23.0. The lowest BCUT2D eigenvalue weighted by Crippen LogP contribution is -2.36. The monoisotopic (exact) mass is 462 g/mol. The fourth-order valence-electron chi connectivity index (χ4n) is 3.43. The second-order valence-corrected chi connectivity index (χ2v) is 9.38. The fraction of sp³-hybridized carbons (Fsp3) is 0.333. The molecule has 0 fully saturated rings. The van der Waals surface area contributed by atoms with Gasteiger partial charge in [0.05, 0.1) is 5.56 Å². The lowest BCUT2D eigenvalue weighted by molar-refractivity contribution is 0.0836. The minimum absolute atomic E-state index is 0.0346. The maximum atomic E-state index is 12.7. The van der Waals surface area contributed by atoms with Crippen molar-refractivity contribution < 1.29 is 37.3 Å². The van der Waals surface area contributed by atoms with E-state index >= 15 is 0 Å². The molecule has 2 aliphatic rings. The van der Waals surface area contributed by atoms with Gasteiger partial charge in [-0.15, -0.1) is 0 Å². The van der Waals surface area contributed by atoms with Gasteiger partial charge in [-0.25, -0.2) is 12.7 Å². The SMILES string of the molecule is CC(C)N1C(=O)c2ccc(C(=O)NCC(O)COc3ccc4c(c3)OCO4)cc2S1(=O)=O. The van der Waals surface area contributed by atoms with Crippen LogP contribution < -0.4 is 19.5 Å². The Morgan fingerprint density at radius 3 is 2.69 bits per heavy atom. The minimum Gasteiger partial charge on any atom is -0.491 e. The Labute approximate surface area is 184 Å². The topological polar surface area (TPSA) is 131 Å². The van der Waals surface area contributed by atoms with Gasteiger partial charge in [-0.2, -0.15) is 0 Å². The van der Waals surface area contributed by atoms with E-state index in [4.69, 9.17) is 14.2 Å². The van der Waals surface area contributed by atoms with E-state index in [0.717, 1.165) is 4.31 Å². The largest absolute Gasteiger partial charge is 0.491 e. The Hall–Kier alpha value is -3.31. The van der Waals surface area contributed by atoms with Gasteiger partial charge in [0, 0.05) is 24.2 Å². The molecule has 0 bridgehead atoms. The molecular formula is C21H22N2O8S. The summed E-state index contributed by atoms with van der Waals surface area (Å²) in [6.07, 6.45) is -1.01. The Morgan fingerprint density at radius 1 is 1.19 bits per heavy atom. The predicted octanol–water partition coefficient (Wildman–Crippen LogP) is 1.14. The first kappa shape index (κ1) is 21.9. The van der Waals surface area contributed by atoms with E-state index in [9.17, 15) is 23.1 Å². The number of rotatable bonds is 7. The average Bonchev–Trinajstić information content (AvgIpc) is 3.30. The van der Waals surface area contributed by atoms with Crippen molar-refractivity contribution >= 4 is 21.8 Å². The van der Waals surface area contributed by atoms with Crippen molar-refractivity contribution in [2.45, 2.75) is 30.9 Å². The Bertz CT molecular complexity index is 1180. The Balaban J connectivity index is 1.36. The minimum atomic E-state index is -4.01. The molecule has 0 radical (unpaired) electrons. The molecule has 1 atom stereocenters. The highest BCUT2D eigenvalue weighted by Gasteiger charge is 2.42. The van der Waals surface area contributed by atoms with Gasteiger partial charge in [0.2, 0.25) is 6.79 Å². The summed E-state index contributed by atoms with van der Waals surface area (Å²) in [6.45, 7) is 3.13. The normalized spacial score (nSPS) is 16.8. The number of amides is 2. The number of nitrogens with zero attached hydrogens (tertiary/aromatic N) is 1. The molecule has 2 N–H and O–H groups in total. The van der Waals surface area contributed by atoms with Crippen molar-refractivity contribution in [3.05, 3.63) is 47.5 Å². The number of benzene rings is 2. The van der Waals surface area contributed by atoms with Crippen molar-refractivity contribution in [3.63, 3.8) is 0 Å². The number of aliphatic hydroxyl groups excluding tert-OH is 1. The molecule has 2 aromatic carbocycles. The zero-order valence-electron chi connectivity index (χ0n) is 17.4. The van der Waals surface area contributed by atoms with Crippen LogP contribution in [0.4, 0.5) is 0 Å². The molecule has 2 amide bonds. The van der Waals surface area contributed by atoms with E-state index in [0.29, 0.717) is 17.2 Å². The van der Waals surface area contributed by atoms with Crippen molar-refractivity contribution in [2.24, 2.45) is 0 Å². The first-order chi connectivity index (χ1) is 15.2. The van der Waals surface area contributed by atoms with Crippen LogP contribution in [-0.2, 0) is 10.0 Å². The Kier molecular flexibility index (Phi) is 5.70. The summed E-state index contributed by atoms with van der Waals surface area (Å²) in [4.78, 5) is 24.7. The van der Waals surface area contributed by atoms with E-state index in [2.05, 4.69) is 5.32 Å². The van der Waals surface area contributed by atoms with Crippen LogP contribution in [0, 0.1) is 0 Å². The second kappa shape index (κ2) is 8.32. The van der Waals surface area contributed by atoms with Crippen molar-refractivity contribution in [1.29, 1.82) is 0 Å². The van der Waals surface area contributed by atoms with E-state index in [1.165, 1.54) is 18.2 Å². The van der Waals surface area contributed by atoms with Crippen LogP contribution >= 0.6 is 0 Å².